The van der Waals surface area contributed by atoms with Crippen LogP contribution in [0.1, 0.15) is 25.3 Å². The third kappa shape index (κ3) is 5.08. The molecule has 1 rings (SSSR count). The van der Waals surface area contributed by atoms with Crippen LogP contribution in [0.5, 0.6) is 0 Å². The molecule has 0 saturated carbocycles. The number of halogens is 3. The first-order valence-corrected chi connectivity index (χ1v) is 8.16. The van der Waals surface area contributed by atoms with Gasteiger partial charge in [-0.05, 0) is 62.4 Å². The molecule has 1 aromatic rings. The number of anilines is 1. The van der Waals surface area contributed by atoms with Crippen molar-refractivity contribution < 1.29 is 5.11 Å². The lowest BCUT2D eigenvalue weighted by atomic mass is 10.1. The molecule has 0 fully saturated rings. The Hall–Kier alpha value is 0.230. The number of alkyl halides is 1. The Kier molecular flexibility index (Phi) is 7.61. The third-order valence-corrected chi connectivity index (χ3v) is 4.22. The summed E-state index contributed by atoms with van der Waals surface area (Å²) in [5.41, 5.74) is 2.26. The Morgan fingerprint density at radius 2 is 1.94 bits per heavy atom. The zero-order valence-corrected chi connectivity index (χ0v) is 14.3. The van der Waals surface area contributed by atoms with Gasteiger partial charge in [-0.25, -0.2) is 0 Å². The lowest BCUT2D eigenvalue weighted by Gasteiger charge is -2.14. The van der Waals surface area contributed by atoms with Gasteiger partial charge in [0.2, 0.25) is 0 Å². The molecule has 0 spiro atoms. The number of aliphatic hydroxyl groups excluding tert-OH is 1. The van der Waals surface area contributed by atoms with Crippen LogP contribution in [-0.2, 0) is 6.42 Å². The van der Waals surface area contributed by atoms with E-state index in [0.29, 0.717) is 6.54 Å². The van der Waals surface area contributed by atoms with Crippen LogP contribution in [-0.4, -0.2) is 23.6 Å². The average Bonchev–Trinajstić information content (AvgIpc) is 2.34. The van der Waals surface area contributed by atoms with E-state index in [9.17, 15) is 5.11 Å². The average molecular weight is 400 g/mol. The normalized spacial score (nSPS) is 12.5. The van der Waals surface area contributed by atoms with Gasteiger partial charge in [0.05, 0.1) is 17.7 Å². The molecule has 1 unspecified atom stereocenters. The van der Waals surface area contributed by atoms with Crippen molar-refractivity contribution in [2.45, 2.75) is 32.3 Å². The van der Waals surface area contributed by atoms with E-state index in [1.807, 2.05) is 0 Å². The van der Waals surface area contributed by atoms with E-state index in [2.05, 4.69) is 56.2 Å². The molecule has 0 saturated heterocycles. The smallest absolute Gasteiger partial charge is 0.0847 e. The van der Waals surface area contributed by atoms with Crippen LogP contribution in [0.25, 0.3) is 0 Å². The summed E-state index contributed by atoms with van der Waals surface area (Å²) in [5, 5.41) is 12.6. The minimum absolute atomic E-state index is 0.233. The number of unbranched alkanes of at least 4 members (excludes halogenated alkanes) is 1. The minimum Gasteiger partial charge on any atom is -0.390 e. The number of hydrogen-bond acceptors (Lipinski definition) is 2. The maximum atomic E-state index is 9.45. The summed E-state index contributed by atoms with van der Waals surface area (Å²) in [6.45, 7) is 2.63. The van der Waals surface area contributed by atoms with Crippen molar-refractivity contribution >= 4 is 49.1 Å². The maximum absolute atomic E-state index is 9.45. The molecule has 0 aliphatic carbocycles. The number of rotatable bonds is 7. The lowest BCUT2D eigenvalue weighted by Crippen LogP contribution is -2.21. The predicted octanol–water partition coefficient (Wildman–Crippen LogP) is 4.57. The highest BCUT2D eigenvalue weighted by Gasteiger charge is 2.09. The fraction of sp³-hybridized carbons (Fsp3) is 0.538. The van der Waals surface area contributed by atoms with Gasteiger partial charge >= 0.3 is 0 Å². The molecule has 0 aliphatic heterocycles. The van der Waals surface area contributed by atoms with Crippen LogP contribution >= 0.6 is 43.5 Å². The molecule has 0 bridgehead atoms. The molecule has 5 heteroatoms. The molecular formula is C13H18Br2ClNO. The van der Waals surface area contributed by atoms with Gasteiger partial charge in [-0.15, -0.1) is 11.6 Å². The second kappa shape index (κ2) is 8.41. The van der Waals surface area contributed by atoms with Crippen LogP contribution in [0.2, 0.25) is 0 Å². The predicted molar refractivity (Wildman–Crippen MR) is 85.7 cm³/mol. The van der Waals surface area contributed by atoms with Crippen LogP contribution in [0.15, 0.2) is 21.1 Å². The molecule has 0 aromatic heterocycles. The lowest BCUT2D eigenvalue weighted by molar-refractivity contribution is 0.211. The molecular weight excluding hydrogens is 381 g/mol. The van der Waals surface area contributed by atoms with E-state index in [-0.39, 0.29) is 5.88 Å². The number of hydrogen-bond donors (Lipinski definition) is 2. The second-order valence-electron chi connectivity index (χ2n) is 4.23. The van der Waals surface area contributed by atoms with Crippen molar-refractivity contribution in [1.82, 2.24) is 0 Å². The summed E-state index contributed by atoms with van der Waals surface area (Å²) in [6.07, 6.45) is 2.93. The maximum Gasteiger partial charge on any atom is 0.0847 e. The van der Waals surface area contributed by atoms with Crippen LogP contribution in [0, 0.1) is 0 Å². The molecule has 0 amide bonds. The Morgan fingerprint density at radius 1 is 1.33 bits per heavy atom. The summed E-state index contributed by atoms with van der Waals surface area (Å²) >= 11 is 12.7. The molecule has 0 heterocycles. The first-order chi connectivity index (χ1) is 8.58. The quantitative estimate of drug-likeness (QED) is 0.659. The minimum atomic E-state index is -0.537. The van der Waals surface area contributed by atoms with Gasteiger partial charge in [-0.1, -0.05) is 13.3 Å². The first kappa shape index (κ1) is 16.3. The fourth-order valence-corrected chi connectivity index (χ4v) is 3.26. The highest BCUT2D eigenvalue weighted by Crippen LogP contribution is 2.33. The molecule has 1 aromatic carbocycles. The molecule has 2 N–H and O–H groups in total. The second-order valence-corrected chi connectivity index (χ2v) is 6.24. The van der Waals surface area contributed by atoms with Crippen molar-refractivity contribution in [3.8, 4) is 0 Å². The SMILES string of the molecule is CCCCc1cc(Br)c(NCC(O)CCl)c(Br)c1. The van der Waals surface area contributed by atoms with Gasteiger partial charge in [-0.3, -0.25) is 0 Å². The van der Waals surface area contributed by atoms with Gasteiger partial charge in [0, 0.05) is 15.5 Å². The number of aliphatic hydroxyl groups is 1. The number of nitrogens with one attached hydrogen (secondary N) is 1. The number of benzene rings is 1. The van der Waals surface area contributed by atoms with Gasteiger partial charge in [0.1, 0.15) is 0 Å². The van der Waals surface area contributed by atoms with Crippen LogP contribution in [0.4, 0.5) is 5.69 Å². The summed E-state index contributed by atoms with van der Waals surface area (Å²) in [7, 11) is 0. The van der Waals surface area contributed by atoms with E-state index in [1.54, 1.807) is 0 Å². The Bertz CT molecular complexity index is 364. The van der Waals surface area contributed by atoms with Crippen molar-refractivity contribution in [2.24, 2.45) is 0 Å². The van der Waals surface area contributed by atoms with Crippen LogP contribution in [0.3, 0.4) is 0 Å². The summed E-state index contributed by atoms with van der Waals surface area (Å²) in [4.78, 5) is 0. The molecule has 102 valence electrons. The van der Waals surface area contributed by atoms with Crippen LogP contribution < -0.4 is 5.32 Å². The molecule has 0 aliphatic rings. The first-order valence-electron chi connectivity index (χ1n) is 6.04. The van der Waals surface area contributed by atoms with Crippen molar-refractivity contribution in [1.29, 1.82) is 0 Å². The highest BCUT2D eigenvalue weighted by molar-refractivity contribution is 9.11. The summed E-state index contributed by atoms with van der Waals surface area (Å²) < 4.78 is 2.01. The molecule has 0 radical (unpaired) electrons. The standard InChI is InChI=1S/C13H18Br2ClNO/c1-2-3-4-9-5-11(14)13(12(15)6-9)17-8-10(18)7-16/h5-6,10,17-18H,2-4,7-8H2,1H3. The van der Waals surface area contributed by atoms with Gasteiger partial charge in [0.25, 0.3) is 0 Å². The van der Waals surface area contributed by atoms with Crippen molar-refractivity contribution in [3.05, 3.63) is 26.6 Å². The topological polar surface area (TPSA) is 32.3 Å². The zero-order chi connectivity index (χ0) is 13.5. The molecule has 1 atom stereocenters. The van der Waals surface area contributed by atoms with Gasteiger partial charge < -0.3 is 10.4 Å². The monoisotopic (exact) mass is 397 g/mol. The highest BCUT2D eigenvalue weighted by atomic mass is 79.9. The van der Waals surface area contributed by atoms with E-state index >= 15 is 0 Å². The van der Waals surface area contributed by atoms with Crippen molar-refractivity contribution in [3.63, 3.8) is 0 Å². The Balaban J connectivity index is 2.74. The van der Waals surface area contributed by atoms with E-state index < -0.39 is 6.10 Å². The largest absolute Gasteiger partial charge is 0.390 e. The van der Waals surface area contributed by atoms with Gasteiger partial charge in [0.15, 0.2) is 0 Å². The number of aryl methyl sites for hydroxylation is 1. The zero-order valence-electron chi connectivity index (χ0n) is 10.3. The fourth-order valence-electron chi connectivity index (χ4n) is 1.59. The Morgan fingerprint density at radius 3 is 2.44 bits per heavy atom. The summed E-state index contributed by atoms with van der Waals surface area (Å²) in [6, 6.07) is 4.24. The third-order valence-electron chi connectivity index (χ3n) is 2.61. The van der Waals surface area contributed by atoms with E-state index in [1.165, 1.54) is 18.4 Å². The molecule has 2 nitrogen and oxygen atoms in total. The van der Waals surface area contributed by atoms with E-state index in [4.69, 9.17) is 11.6 Å². The molecule has 18 heavy (non-hydrogen) atoms. The van der Waals surface area contributed by atoms with Gasteiger partial charge in [-0.2, -0.15) is 0 Å². The van der Waals surface area contributed by atoms with Crippen molar-refractivity contribution in [2.75, 3.05) is 17.7 Å². The summed E-state index contributed by atoms with van der Waals surface area (Å²) in [5.74, 6) is 0.233. The van der Waals surface area contributed by atoms with E-state index in [0.717, 1.165) is 21.1 Å². The Labute approximate surface area is 130 Å².